The Kier molecular flexibility index (Phi) is 5.38. The minimum atomic E-state index is -0.235. The number of hydrogen-bond donors (Lipinski definition) is 1. The lowest BCUT2D eigenvalue weighted by atomic mass is 10.1. The molecule has 2 aromatic rings. The van der Waals surface area contributed by atoms with Crippen LogP contribution in [0.15, 0.2) is 35.5 Å². The second-order valence-corrected chi connectivity index (χ2v) is 4.93. The van der Waals surface area contributed by atoms with Crippen LogP contribution in [0.25, 0.3) is 0 Å². The van der Waals surface area contributed by atoms with Crippen LogP contribution in [0, 0.1) is 0 Å². The summed E-state index contributed by atoms with van der Waals surface area (Å²) in [4.78, 5) is 4.43. The van der Waals surface area contributed by atoms with Crippen molar-refractivity contribution in [1.82, 2.24) is 15.2 Å². The van der Waals surface area contributed by atoms with E-state index in [9.17, 15) is 0 Å². The predicted octanol–water partition coefficient (Wildman–Crippen LogP) is 2.11. The highest BCUT2D eigenvalue weighted by atomic mass is 32.2. The monoisotopic (exact) mass is 279 g/mol. The van der Waals surface area contributed by atoms with Gasteiger partial charge < -0.3 is 9.47 Å². The van der Waals surface area contributed by atoms with Crippen LogP contribution >= 0.6 is 11.8 Å². The van der Waals surface area contributed by atoms with E-state index in [1.165, 1.54) is 17.3 Å². The molecular weight excluding hydrogens is 262 g/mol. The molecule has 0 bridgehead atoms. The van der Waals surface area contributed by atoms with E-state index in [1.54, 1.807) is 14.2 Å². The molecule has 2 rings (SSSR count). The molecule has 0 aliphatic heterocycles. The molecule has 0 spiro atoms. The summed E-state index contributed by atoms with van der Waals surface area (Å²) in [6.07, 6.45) is 0.521. The number of rotatable bonds is 7. The highest BCUT2D eigenvalue weighted by Crippen LogP contribution is 2.16. The van der Waals surface area contributed by atoms with E-state index in [-0.39, 0.29) is 6.29 Å². The van der Waals surface area contributed by atoms with Gasteiger partial charge in [0.15, 0.2) is 6.29 Å². The number of ether oxygens (including phenoxy) is 2. The number of nitrogens with zero attached hydrogens (tertiary/aromatic N) is 2. The van der Waals surface area contributed by atoms with Gasteiger partial charge in [-0.2, -0.15) is 0 Å². The summed E-state index contributed by atoms with van der Waals surface area (Å²) >= 11 is 1.51. The van der Waals surface area contributed by atoms with Gasteiger partial charge in [-0.25, -0.2) is 4.98 Å². The molecule has 0 saturated carbocycles. The Morgan fingerprint density at radius 2 is 1.95 bits per heavy atom. The molecule has 0 saturated heterocycles. The second kappa shape index (κ2) is 7.28. The van der Waals surface area contributed by atoms with Crippen LogP contribution in [0.3, 0.4) is 0 Å². The van der Waals surface area contributed by atoms with Crippen molar-refractivity contribution in [2.45, 2.75) is 17.9 Å². The van der Waals surface area contributed by atoms with Crippen LogP contribution in [-0.4, -0.2) is 41.4 Å². The van der Waals surface area contributed by atoms with Gasteiger partial charge >= 0.3 is 0 Å². The van der Waals surface area contributed by atoms with Gasteiger partial charge in [0.2, 0.25) is 5.16 Å². The standard InChI is InChI=1S/C13H17N3O2S/c1-17-12(18-2)9-19-13-14-11(15-16-13)8-10-6-4-3-5-7-10/h3-7,12H,8-9H2,1-2H3,(H,14,15,16). The zero-order valence-corrected chi connectivity index (χ0v) is 11.8. The zero-order valence-electron chi connectivity index (χ0n) is 11.0. The first-order valence-electron chi connectivity index (χ1n) is 5.95. The first-order valence-corrected chi connectivity index (χ1v) is 6.94. The van der Waals surface area contributed by atoms with Crippen LogP contribution in [0.4, 0.5) is 0 Å². The lowest BCUT2D eigenvalue weighted by Gasteiger charge is -2.10. The van der Waals surface area contributed by atoms with Crippen LogP contribution in [0.5, 0.6) is 0 Å². The van der Waals surface area contributed by atoms with E-state index in [2.05, 4.69) is 27.3 Å². The number of H-pyrrole nitrogens is 1. The predicted molar refractivity (Wildman–Crippen MR) is 74.2 cm³/mol. The molecule has 5 nitrogen and oxygen atoms in total. The minimum Gasteiger partial charge on any atom is -0.355 e. The van der Waals surface area contributed by atoms with E-state index in [1.807, 2.05) is 18.2 Å². The van der Waals surface area contributed by atoms with Crippen LogP contribution in [0.1, 0.15) is 11.4 Å². The molecule has 0 amide bonds. The highest BCUT2D eigenvalue weighted by molar-refractivity contribution is 7.99. The van der Waals surface area contributed by atoms with Gasteiger partial charge in [-0.05, 0) is 5.56 Å². The quantitative estimate of drug-likeness (QED) is 0.621. The number of thioether (sulfide) groups is 1. The van der Waals surface area contributed by atoms with Crippen molar-refractivity contribution in [3.63, 3.8) is 0 Å². The van der Waals surface area contributed by atoms with Crippen molar-refractivity contribution < 1.29 is 9.47 Å². The highest BCUT2D eigenvalue weighted by Gasteiger charge is 2.09. The number of benzene rings is 1. The van der Waals surface area contributed by atoms with E-state index < -0.39 is 0 Å². The van der Waals surface area contributed by atoms with Crippen LogP contribution in [-0.2, 0) is 15.9 Å². The first-order chi connectivity index (χ1) is 9.31. The topological polar surface area (TPSA) is 60.0 Å². The van der Waals surface area contributed by atoms with E-state index in [0.29, 0.717) is 10.9 Å². The lowest BCUT2D eigenvalue weighted by molar-refractivity contribution is -0.0842. The smallest absolute Gasteiger partial charge is 0.208 e. The molecule has 6 heteroatoms. The summed E-state index contributed by atoms with van der Waals surface area (Å²) in [7, 11) is 3.24. The van der Waals surface area contributed by atoms with Crippen molar-refractivity contribution in [3.05, 3.63) is 41.7 Å². The largest absolute Gasteiger partial charge is 0.355 e. The fourth-order valence-electron chi connectivity index (χ4n) is 1.59. The van der Waals surface area contributed by atoms with E-state index in [0.717, 1.165) is 12.2 Å². The van der Waals surface area contributed by atoms with Gasteiger partial charge in [-0.1, -0.05) is 42.1 Å². The number of aromatic amines is 1. The Morgan fingerprint density at radius 1 is 1.21 bits per heavy atom. The van der Waals surface area contributed by atoms with Crippen molar-refractivity contribution in [2.24, 2.45) is 0 Å². The minimum absolute atomic E-state index is 0.235. The average Bonchev–Trinajstić information content (AvgIpc) is 2.89. The summed E-state index contributed by atoms with van der Waals surface area (Å²) in [6, 6.07) is 10.2. The summed E-state index contributed by atoms with van der Waals surface area (Å²) in [5, 5.41) is 7.83. The normalized spacial score (nSPS) is 11.1. The maximum atomic E-state index is 5.11. The van der Waals surface area contributed by atoms with Gasteiger partial charge in [0.05, 0.1) is 5.75 Å². The van der Waals surface area contributed by atoms with E-state index in [4.69, 9.17) is 9.47 Å². The molecule has 0 aliphatic carbocycles. The van der Waals surface area contributed by atoms with Crippen LogP contribution in [0.2, 0.25) is 0 Å². The number of methoxy groups -OCH3 is 2. The van der Waals surface area contributed by atoms with Gasteiger partial charge in [0, 0.05) is 20.6 Å². The summed E-state index contributed by atoms with van der Waals surface area (Å²) in [6.45, 7) is 0. The Balaban J connectivity index is 1.88. The van der Waals surface area contributed by atoms with Crippen molar-refractivity contribution in [1.29, 1.82) is 0 Å². The zero-order chi connectivity index (χ0) is 13.5. The molecule has 19 heavy (non-hydrogen) atoms. The summed E-state index contributed by atoms with van der Waals surface area (Å²) in [5.74, 6) is 1.52. The Hall–Kier alpha value is -1.37. The number of nitrogens with one attached hydrogen (secondary N) is 1. The van der Waals surface area contributed by atoms with Gasteiger partial charge in [0.25, 0.3) is 0 Å². The molecular formula is C13H17N3O2S. The van der Waals surface area contributed by atoms with Gasteiger partial charge in [-0.3, -0.25) is 5.10 Å². The van der Waals surface area contributed by atoms with Crippen molar-refractivity contribution in [3.8, 4) is 0 Å². The molecule has 0 aliphatic rings. The molecule has 1 aromatic heterocycles. The van der Waals surface area contributed by atoms with Crippen molar-refractivity contribution in [2.75, 3.05) is 20.0 Å². The number of hydrogen-bond acceptors (Lipinski definition) is 5. The maximum Gasteiger partial charge on any atom is 0.208 e. The van der Waals surface area contributed by atoms with Crippen LogP contribution < -0.4 is 0 Å². The van der Waals surface area contributed by atoms with Gasteiger partial charge in [-0.15, -0.1) is 5.10 Å². The molecule has 0 fully saturated rings. The Bertz CT molecular complexity index is 486. The summed E-state index contributed by atoms with van der Waals surface area (Å²) in [5.41, 5.74) is 1.21. The molecule has 1 aromatic carbocycles. The molecule has 0 atom stereocenters. The first kappa shape index (κ1) is 14.0. The fraction of sp³-hybridized carbons (Fsp3) is 0.385. The Labute approximate surface area is 116 Å². The molecule has 102 valence electrons. The maximum absolute atomic E-state index is 5.11. The third-order valence-corrected chi connectivity index (χ3v) is 3.48. The Morgan fingerprint density at radius 3 is 2.63 bits per heavy atom. The molecule has 0 unspecified atom stereocenters. The third-order valence-electron chi connectivity index (χ3n) is 2.60. The second-order valence-electron chi connectivity index (χ2n) is 3.94. The van der Waals surface area contributed by atoms with E-state index >= 15 is 0 Å². The fourth-order valence-corrected chi connectivity index (χ4v) is 2.43. The SMILES string of the molecule is COC(CSc1n[nH]c(Cc2ccccc2)n1)OC. The third kappa shape index (κ3) is 4.34. The average molecular weight is 279 g/mol. The van der Waals surface area contributed by atoms with Gasteiger partial charge in [0.1, 0.15) is 5.82 Å². The molecule has 1 heterocycles. The summed E-state index contributed by atoms with van der Waals surface area (Å²) < 4.78 is 10.2. The lowest BCUT2D eigenvalue weighted by Crippen LogP contribution is -2.15. The van der Waals surface area contributed by atoms with Crippen molar-refractivity contribution >= 4 is 11.8 Å². The molecule has 1 N–H and O–H groups in total. The molecule has 0 radical (unpaired) electrons. The number of aromatic nitrogens is 3.